The van der Waals surface area contributed by atoms with E-state index in [1.807, 2.05) is 24.3 Å². The summed E-state index contributed by atoms with van der Waals surface area (Å²) in [5.41, 5.74) is 3.29. The smallest absolute Gasteiger partial charge is 0.135 e. The molecule has 0 radical (unpaired) electrons. The van der Waals surface area contributed by atoms with Gasteiger partial charge in [0, 0.05) is 18.0 Å². The van der Waals surface area contributed by atoms with Gasteiger partial charge in [-0.15, -0.1) is 0 Å². The average Bonchev–Trinajstić information content (AvgIpc) is 2.62. The van der Waals surface area contributed by atoms with Crippen LogP contribution in [0.5, 0.6) is 0 Å². The van der Waals surface area contributed by atoms with Gasteiger partial charge in [0.1, 0.15) is 18.0 Å². The lowest BCUT2D eigenvalue weighted by molar-refractivity contribution is 1.02. The molecule has 0 aliphatic heterocycles. The topological polar surface area (TPSA) is 62.7 Å². The molecule has 0 bridgehead atoms. The third-order valence-electron chi connectivity index (χ3n) is 3.48. The standard InChI is InChI=1S/C18H19N5/c1-2-14-6-8-15(9-7-14)23-18-11-17(21-13-22-18)20-12-16-5-3-4-10-19-16/h3-11,13H,2,12H2,1H3,(H2,20,21,22,23). The molecule has 0 aliphatic carbocycles. The van der Waals surface area contributed by atoms with E-state index in [1.165, 1.54) is 5.56 Å². The second-order valence-corrected chi connectivity index (χ2v) is 5.14. The summed E-state index contributed by atoms with van der Waals surface area (Å²) in [4.78, 5) is 12.8. The molecule has 0 unspecified atom stereocenters. The first-order valence-electron chi connectivity index (χ1n) is 7.65. The lowest BCUT2D eigenvalue weighted by Crippen LogP contribution is -2.04. The normalized spacial score (nSPS) is 10.3. The number of pyridine rings is 1. The van der Waals surface area contributed by atoms with Crippen LogP contribution in [0.2, 0.25) is 0 Å². The summed E-state index contributed by atoms with van der Waals surface area (Å²) in [6.07, 6.45) is 4.36. The first kappa shape index (κ1) is 15.0. The predicted octanol–water partition coefficient (Wildman–Crippen LogP) is 3.79. The van der Waals surface area contributed by atoms with Gasteiger partial charge >= 0.3 is 0 Å². The monoisotopic (exact) mass is 305 g/mol. The first-order valence-corrected chi connectivity index (χ1v) is 7.65. The summed E-state index contributed by atoms with van der Waals surface area (Å²) in [7, 11) is 0. The van der Waals surface area contributed by atoms with E-state index >= 15 is 0 Å². The molecule has 0 atom stereocenters. The van der Waals surface area contributed by atoms with Crippen molar-refractivity contribution in [3.8, 4) is 0 Å². The lowest BCUT2D eigenvalue weighted by Gasteiger charge is -2.09. The summed E-state index contributed by atoms with van der Waals surface area (Å²) in [5, 5.41) is 6.54. The van der Waals surface area contributed by atoms with Gasteiger partial charge in [0.25, 0.3) is 0 Å². The highest BCUT2D eigenvalue weighted by Gasteiger charge is 2.01. The van der Waals surface area contributed by atoms with Crippen LogP contribution < -0.4 is 10.6 Å². The Morgan fingerprint density at radius 2 is 1.74 bits per heavy atom. The molecule has 0 saturated carbocycles. The molecule has 1 aromatic carbocycles. The highest BCUT2D eigenvalue weighted by Crippen LogP contribution is 2.17. The van der Waals surface area contributed by atoms with E-state index in [2.05, 4.69) is 56.8 Å². The predicted molar refractivity (Wildman–Crippen MR) is 92.7 cm³/mol. The van der Waals surface area contributed by atoms with Gasteiger partial charge < -0.3 is 10.6 Å². The van der Waals surface area contributed by atoms with Gasteiger partial charge in [-0.25, -0.2) is 9.97 Å². The van der Waals surface area contributed by atoms with Crippen LogP contribution in [0.15, 0.2) is 61.1 Å². The quantitative estimate of drug-likeness (QED) is 0.725. The number of hydrogen-bond acceptors (Lipinski definition) is 5. The number of hydrogen-bond donors (Lipinski definition) is 2. The molecule has 5 heteroatoms. The van der Waals surface area contributed by atoms with Crippen LogP contribution in [0.4, 0.5) is 17.3 Å². The van der Waals surface area contributed by atoms with Crippen molar-refractivity contribution in [1.82, 2.24) is 15.0 Å². The number of anilines is 3. The van der Waals surface area contributed by atoms with Crippen LogP contribution in [0.25, 0.3) is 0 Å². The molecule has 116 valence electrons. The second kappa shape index (κ2) is 7.35. The number of nitrogens with zero attached hydrogens (tertiary/aromatic N) is 3. The van der Waals surface area contributed by atoms with Gasteiger partial charge in [0.05, 0.1) is 12.2 Å². The van der Waals surface area contributed by atoms with E-state index in [-0.39, 0.29) is 0 Å². The van der Waals surface area contributed by atoms with E-state index in [9.17, 15) is 0 Å². The Hall–Kier alpha value is -2.95. The van der Waals surface area contributed by atoms with E-state index in [4.69, 9.17) is 0 Å². The van der Waals surface area contributed by atoms with Gasteiger partial charge in [-0.3, -0.25) is 4.98 Å². The van der Waals surface area contributed by atoms with Gasteiger partial charge in [-0.05, 0) is 36.2 Å². The summed E-state index contributed by atoms with van der Waals surface area (Å²) < 4.78 is 0. The van der Waals surface area contributed by atoms with Crippen LogP contribution in [-0.2, 0) is 13.0 Å². The van der Waals surface area contributed by atoms with E-state index in [0.717, 1.165) is 29.4 Å². The largest absolute Gasteiger partial charge is 0.364 e. The molecule has 0 amide bonds. The van der Waals surface area contributed by atoms with Crippen molar-refractivity contribution in [2.45, 2.75) is 19.9 Å². The van der Waals surface area contributed by atoms with Crippen molar-refractivity contribution in [2.75, 3.05) is 10.6 Å². The molecule has 0 aliphatic rings. The van der Waals surface area contributed by atoms with Crippen molar-refractivity contribution in [3.63, 3.8) is 0 Å². The van der Waals surface area contributed by atoms with E-state index in [0.29, 0.717) is 6.54 Å². The third-order valence-corrected chi connectivity index (χ3v) is 3.48. The molecule has 0 saturated heterocycles. The van der Waals surface area contributed by atoms with Crippen LogP contribution in [0, 0.1) is 0 Å². The minimum absolute atomic E-state index is 0.627. The molecule has 2 heterocycles. The zero-order valence-electron chi connectivity index (χ0n) is 13.0. The molecule has 2 aromatic heterocycles. The third kappa shape index (κ3) is 4.26. The van der Waals surface area contributed by atoms with Crippen molar-refractivity contribution >= 4 is 17.3 Å². The minimum atomic E-state index is 0.627. The molecular weight excluding hydrogens is 286 g/mol. The van der Waals surface area contributed by atoms with Crippen molar-refractivity contribution in [3.05, 3.63) is 72.3 Å². The van der Waals surface area contributed by atoms with E-state index < -0.39 is 0 Å². The lowest BCUT2D eigenvalue weighted by atomic mass is 10.1. The van der Waals surface area contributed by atoms with Crippen molar-refractivity contribution in [2.24, 2.45) is 0 Å². The number of benzene rings is 1. The Balaban J connectivity index is 1.64. The maximum Gasteiger partial charge on any atom is 0.135 e. The van der Waals surface area contributed by atoms with E-state index in [1.54, 1.807) is 12.5 Å². The Bertz CT molecular complexity index is 741. The van der Waals surface area contributed by atoms with Crippen LogP contribution in [0.1, 0.15) is 18.2 Å². The van der Waals surface area contributed by atoms with Gasteiger partial charge in [-0.1, -0.05) is 25.1 Å². The second-order valence-electron chi connectivity index (χ2n) is 5.14. The molecular formula is C18H19N5. The van der Waals surface area contributed by atoms with Crippen LogP contribution in [0.3, 0.4) is 0 Å². The maximum absolute atomic E-state index is 4.28. The summed E-state index contributed by atoms with van der Waals surface area (Å²) in [5.74, 6) is 1.52. The average molecular weight is 305 g/mol. The molecule has 2 N–H and O–H groups in total. The van der Waals surface area contributed by atoms with Crippen molar-refractivity contribution < 1.29 is 0 Å². The molecule has 3 aromatic rings. The molecule has 23 heavy (non-hydrogen) atoms. The summed E-state index contributed by atoms with van der Waals surface area (Å²) >= 11 is 0. The highest BCUT2D eigenvalue weighted by molar-refractivity contribution is 5.59. The van der Waals surface area contributed by atoms with Crippen molar-refractivity contribution in [1.29, 1.82) is 0 Å². The number of nitrogens with one attached hydrogen (secondary N) is 2. The summed E-state index contributed by atoms with van der Waals surface area (Å²) in [6, 6.07) is 16.1. The Morgan fingerprint density at radius 1 is 0.913 bits per heavy atom. The fraction of sp³-hybridized carbons (Fsp3) is 0.167. The van der Waals surface area contributed by atoms with Gasteiger partial charge in [-0.2, -0.15) is 0 Å². The number of aryl methyl sites for hydroxylation is 1. The fourth-order valence-electron chi connectivity index (χ4n) is 2.18. The Labute approximate surface area is 135 Å². The molecule has 5 nitrogen and oxygen atoms in total. The highest BCUT2D eigenvalue weighted by atomic mass is 15.1. The fourth-order valence-corrected chi connectivity index (χ4v) is 2.18. The Morgan fingerprint density at radius 3 is 2.48 bits per heavy atom. The number of rotatable bonds is 6. The first-order chi connectivity index (χ1) is 11.3. The van der Waals surface area contributed by atoms with Gasteiger partial charge in [0.2, 0.25) is 0 Å². The summed E-state index contributed by atoms with van der Waals surface area (Å²) in [6.45, 7) is 2.77. The molecule has 0 fully saturated rings. The SMILES string of the molecule is CCc1ccc(Nc2cc(NCc3ccccn3)ncn2)cc1. The van der Waals surface area contributed by atoms with Gasteiger partial charge in [0.15, 0.2) is 0 Å². The zero-order chi connectivity index (χ0) is 15.9. The Kier molecular flexibility index (Phi) is 4.79. The minimum Gasteiger partial charge on any atom is -0.364 e. The van der Waals surface area contributed by atoms with Crippen LogP contribution in [-0.4, -0.2) is 15.0 Å². The number of aromatic nitrogens is 3. The maximum atomic E-state index is 4.28. The zero-order valence-corrected chi connectivity index (χ0v) is 13.0. The van der Waals surface area contributed by atoms with Crippen LogP contribution >= 0.6 is 0 Å². The molecule has 3 rings (SSSR count). The molecule has 0 spiro atoms.